The van der Waals surface area contributed by atoms with Crippen molar-refractivity contribution in [1.29, 1.82) is 0 Å². The lowest BCUT2D eigenvalue weighted by atomic mass is 9.54. The van der Waals surface area contributed by atoms with Crippen LogP contribution in [0.4, 0.5) is 5.00 Å². The molecule has 0 spiro atoms. The van der Waals surface area contributed by atoms with Crippen LogP contribution in [0.15, 0.2) is 0 Å². The minimum atomic E-state index is -0.279. The van der Waals surface area contributed by atoms with Crippen molar-refractivity contribution in [3.8, 4) is 0 Å². The molecule has 1 aliphatic heterocycles. The number of thiocarbonyl (C=S) groups is 1. The van der Waals surface area contributed by atoms with Crippen molar-refractivity contribution >= 4 is 39.6 Å². The maximum atomic E-state index is 12.4. The van der Waals surface area contributed by atoms with Gasteiger partial charge >= 0.3 is 5.97 Å². The Morgan fingerprint density at radius 3 is 2.26 bits per heavy atom. The molecule has 4 saturated carbocycles. The molecule has 2 heterocycles. The number of rotatable bonds is 4. The molecule has 5 fully saturated rings. The number of nitrogens with zero attached hydrogens (tertiary/aromatic N) is 2. The van der Waals surface area contributed by atoms with Crippen molar-refractivity contribution in [3.63, 3.8) is 0 Å². The van der Waals surface area contributed by atoms with Crippen LogP contribution in [0.1, 0.15) is 59.8 Å². The summed E-state index contributed by atoms with van der Waals surface area (Å²) in [5.74, 6) is 3.67. The summed E-state index contributed by atoms with van der Waals surface area (Å²) < 4.78 is 5.05. The smallest absolute Gasteiger partial charge is 0.341 e. The van der Waals surface area contributed by atoms with Gasteiger partial charge in [-0.1, -0.05) is 6.92 Å². The lowest BCUT2D eigenvalue weighted by molar-refractivity contribution is -0.0726. The Kier molecular flexibility index (Phi) is 6.03. The van der Waals surface area contributed by atoms with Crippen LogP contribution in [0.5, 0.6) is 0 Å². The van der Waals surface area contributed by atoms with Gasteiger partial charge in [-0.3, -0.25) is 4.90 Å². The van der Waals surface area contributed by atoms with Gasteiger partial charge in [0.15, 0.2) is 5.11 Å². The summed E-state index contributed by atoms with van der Waals surface area (Å²) in [5.41, 5.74) is 1.72. The van der Waals surface area contributed by atoms with E-state index < -0.39 is 0 Å². The highest BCUT2D eigenvalue weighted by Crippen LogP contribution is 2.55. The number of thiophene rings is 1. The molecular weight excluding hydrogens is 426 g/mol. The molecule has 1 aromatic rings. The van der Waals surface area contributed by atoms with Crippen LogP contribution in [-0.2, 0) is 11.2 Å². The predicted octanol–water partition coefficient (Wildman–Crippen LogP) is 4.54. The van der Waals surface area contributed by atoms with Crippen LogP contribution in [0.25, 0.3) is 0 Å². The topological polar surface area (TPSA) is 44.8 Å². The minimum Gasteiger partial charge on any atom is -0.465 e. The molecule has 1 aromatic heterocycles. The molecule has 7 heteroatoms. The predicted molar refractivity (Wildman–Crippen MR) is 130 cm³/mol. The largest absolute Gasteiger partial charge is 0.465 e. The van der Waals surface area contributed by atoms with E-state index in [1.165, 1.54) is 39.2 Å². The fourth-order valence-corrected chi connectivity index (χ4v) is 8.78. The third kappa shape index (κ3) is 3.91. The monoisotopic (exact) mass is 461 g/mol. The summed E-state index contributed by atoms with van der Waals surface area (Å²) in [5, 5.41) is 4.96. The number of nitrogens with one attached hydrogen (secondary N) is 1. The number of carbonyl (C=O) groups excluding carboxylic acids is 1. The Labute approximate surface area is 195 Å². The van der Waals surface area contributed by atoms with Gasteiger partial charge in [0.25, 0.3) is 0 Å². The van der Waals surface area contributed by atoms with Crippen LogP contribution < -0.4 is 5.32 Å². The summed E-state index contributed by atoms with van der Waals surface area (Å²) in [7, 11) is 1.44. The van der Waals surface area contributed by atoms with E-state index >= 15 is 0 Å². The van der Waals surface area contributed by atoms with Gasteiger partial charge in [0.1, 0.15) is 5.00 Å². The Morgan fingerprint density at radius 2 is 1.71 bits per heavy atom. The van der Waals surface area contributed by atoms with E-state index in [0.717, 1.165) is 82.9 Å². The summed E-state index contributed by atoms with van der Waals surface area (Å²) in [4.78, 5) is 18.6. The van der Waals surface area contributed by atoms with Gasteiger partial charge in [-0.2, -0.15) is 0 Å². The second-order valence-corrected chi connectivity index (χ2v) is 11.7. The zero-order valence-corrected chi connectivity index (χ0v) is 20.6. The zero-order chi connectivity index (χ0) is 21.7. The van der Waals surface area contributed by atoms with Crippen molar-refractivity contribution in [1.82, 2.24) is 9.80 Å². The fraction of sp³-hybridized carbons (Fsp3) is 0.750. The van der Waals surface area contributed by atoms with E-state index in [1.54, 1.807) is 11.3 Å². The van der Waals surface area contributed by atoms with Crippen molar-refractivity contribution in [2.45, 2.75) is 58.4 Å². The number of aryl methyl sites for hydroxylation is 1. The first-order valence-electron chi connectivity index (χ1n) is 12.0. The number of methoxy groups -OCH3 is 1. The molecule has 0 unspecified atom stereocenters. The minimum absolute atomic E-state index is 0.279. The molecule has 4 aliphatic carbocycles. The third-order valence-electron chi connectivity index (χ3n) is 8.37. The van der Waals surface area contributed by atoms with Crippen LogP contribution >= 0.6 is 23.6 Å². The van der Waals surface area contributed by atoms with Crippen LogP contribution in [0.2, 0.25) is 0 Å². The maximum absolute atomic E-state index is 12.4. The Morgan fingerprint density at radius 1 is 1.10 bits per heavy atom. The Hall–Kier alpha value is -1.18. The lowest BCUT2D eigenvalue weighted by Gasteiger charge is -2.58. The molecule has 6 rings (SSSR count). The molecular formula is C24H35N3O2S2. The van der Waals surface area contributed by atoms with E-state index in [-0.39, 0.29) is 5.97 Å². The highest BCUT2D eigenvalue weighted by molar-refractivity contribution is 7.80. The van der Waals surface area contributed by atoms with Gasteiger partial charge in [0.05, 0.1) is 12.7 Å². The van der Waals surface area contributed by atoms with Crippen molar-refractivity contribution in [3.05, 3.63) is 16.0 Å². The average Bonchev–Trinajstić information content (AvgIpc) is 3.07. The number of carbonyl (C=O) groups is 1. The van der Waals surface area contributed by atoms with Gasteiger partial charge in [-0.25, -0.2) is 4.79 Å². The summed E-state index contributed by atoms with van der Waals surface area (Å²) >= 11 is 7.38. The zero-order valence-electron chi connectivity index (χ0n) is 19.0. The van der Waals surface area contributed by atoms with Crippen LogP contribution in [0, 0.1) is 30.6 Å². The summed E-state index contributed by atoms with van der Waals surface area (Å²) in [6.07, 6.45) is 8.24. The number of esters is 1. The van der Waals surface area contributed by atoms with Crippen LogP contribution in [-0.4, -0.2) is 60.2 Å². The van der Waals surface area contributed by atoms with Crippen molar-refractivity contribution in [2.75, 3.05) is 38.6 Å². The van der Waals surface area contributed by atoms with Gasteiger partial charge in [-0.15, -0.1) is 11.3 Å². The highest BCUT2D eigenvalue weighted by atomic mass is 32.1. The first-order valence-corrected chi connectivity index (χ1v) is 13.2. The van der Waals surface area contributed by atoms with E-state index in [2.05, 4.69) is 29.0 Å². The Balaban J connectivity index is 1.22. The van der Waals surface area contributed by atoms with Crippen molar-refractivity contribution < 1.29 is 9.53 Å². The second-order valence-electron chi connectivity index (χ2n) is 10.1. The molecule has 5 aliphatic rings. The molecule has 4 bridgehead atoms. The molecule has 1 saturated heterocycles. The van der Waals surface area contributed by atoms with E-state index in [1.807, 2.05) is 0 Å². The molecule has 0 atom stereocenters. The van der Waals surface area contributed by atoms with Gasteiger partial charge < -0.3 is 15.0 Å². The van der Waals surface area contributed by atoms with E-state index in [9.17, 15) is 4.79 Å². The first-order chi connectivity index (χ1) is 15.0. The summed E-state index contributed by atoms with van der Waals surface area (Å²) in [6, 6.07) is 0.814. The number of anilines is 1. The standard InChI is InChI=1S/C24H35N3O2S2/c1-4-19-14(2)31-22(20(19)23(28)29-3)25-24(30)27-7-5-26(6-8-27)21-17-10-15-9-16(12-17)13-18(21)11-15/h15-18,21H,4-13H2,1-3H3,(H,25,30). The number of hydrogen-bond acceptors (Lipinski definition) is 5. The molecule has 0 radical (unpaired) electrons. The molecule has 31 heavy (non-hydrogen) atoms. The molecule has 0 amide bonds. The third-order valence-corrected chi connectivity index (χ3v) is 9.80. The molecule has 0 aromatic carbocycles. The Bertz CT molecular complexity index is 831. The SMILES string of the molecule is CCc1c(C)sc(NC(=S)N2CCN(C3C4CC5CC(C4)CC3C5)CC2)c1C(=O)OC. The van der Waals surface area contributed by atoms with Gasteiger partial charge in [-0.05, 0) is 86.9 Å². The average molecular weight is 462 g/mol. The number of hydrogen-bond donors (Lipinski definition) is 1. The molecule has 170 valence electrons. The normalized spacial score (nSPS) is 32.4. The van der Waals surface area contributed by atoms with Crippen molar-refractivity contribution in [2.24, 2.45) is 23.7 Å². The maximum Gasteiger partial charge on any atom is 0.341 e. The van der Waals surface area contributed by atoms with E-state index in [0.29, 0.717) is 5.56 Å². The second kappa shape index (κ2) is 8.64. The van der Waals surface area contributed by atoms with E-state index in [4.69, 9.17) is 17.0 Å². The fourth-order valence-electron chi connectivity index (χ4n) is 7.30. The highest BCUT2D eigenvalue weighted by Gasteiger charge is 2.50. The molecule has 1 N–H and O–H groups in total. The van der Waals surface area contributed by atoms with Gasteiger partial charge in [0, 0.05) is 37.1 Å². The quantitative estimate of drug-likeness (QED) is 0.524. The van der Waals surface area contributed by atoms with Gasteiger partial charge in [0.2, 0.25) is 0 Å². The number of ether oxygens (including phenoxy) is 1. The lowest BCUT2D eigenvalue weighted by Crippen LogP contribution is -2.60. The summed E-state index contributed by atoms with van der Waals surface area (Å²) in [6.45, 7) is 8.27. The van der Waals surface area contributed by atoms with Crippen LogP contribution in [0.3, 0.4) is 0 Å². The first kappa shape index (κ1) is 21.7. The molecule has 5 nitrogen and oxygen atoms in total. The number of piperazine rings is 1.